The summed E-state index contributed by atoms with van der Waals surface area (Å²) < 4.78 is 25.8. The third-order valence-electron chi connectivity index (χ3n) is 2.12. The monoisotopic (exact) mass is 295 g/mol. The summed E-state index contributed by atoms with van der Waals surface area (Å²) in [6, 6.07) is 10.4. The van der Waals surface area contributed by atoms with Crippen molar-refractivity contribution in [2.75, 3.05) is 4.72 Å². The first-order valence-electron chi connectivity index (χ1n) is 5.29. The van der Waals surface area contributed by atoms with Crippen molar-refractivity contribution in [1.29, 1.82) is 0 Å². The van der Waals surface area contributed by atoms with Gasteiger partial charge in [-0.3, -0.25) is 4.72 Å². The van der Waals surface area contributed by atoms with Crippen molar-refractivity contribution in [3.05, 3.63) is 58.9 Å². The molecule has 0 saturated carbocycles. The van der Waals surface area contributed by atoms with Gasteiger partial charge in [-0.05, 0) is 11.6 Å². The highest BCUT2D eigenvalue weighted by Gasteiger charge is 2.07. The predicted octanol–water partition coefficient (Wildman–Crippen LogP) is 2.54. The maximum atomic E-state index is 11.8. The van der Waals surface area contributed by atoms with Crippen molar-refractivity contribution in [2.45, 2.75) is 0 Å². The molecule has 1 aromatic heterocycles. The zero-order valence-electron chi connectivity index (χ0n) is 9.69. The average Bonchev–Trinajstić information content (AvgIpc) is 2.37. The Kier molecular flexibility index (Phi) is 4.13. The third kappa shape index (κ3) is 4.35. The average molecular weight is 296 g/mol. The SMILES string of the molecule is O=S(=O)(/C=C/c1ccccc1)Nc1cc(Cl)ncn1. The second-order valence-electron chi connectivity index (χ2n) is 3.59. The van der Waals surface area contributed by atoms with Crippen LogP contribution in [0.5, 0.6) is 0 Å². The lowest BCUT2D eigenvalue weighted by molar-refractivity contribution is 0.609. The number of halogens is 1. The largest absolute Gasteiger partial charge is 0.264 e. The molecular weight excluding hydrogens is 286 g/mol. The number of hydrogen-bond donors (Lipinski definition) is 1. The molecule has 0 saturated heterocycles. The van der Waals surface area contributed by atoms with Crippen LogP contribution in [0.25, 0.3) is 6.08 Å². The fourth-order valence-electron chi connectivity index (χ4n) is 1.30. The van der Waals surface area contributed by atoms with Crippen molar-refractivity contribution in [3.63, 3.8) is 0 Å². The molecule has 0 aliphatic heterocycles. The quantitative estimate of drug-likeness (QED) is 0.880. The molecule has 98 valence electrons. The first-order valence-corrected chi connectivity index (χ1v) is 7.21. The Morgan fingerprint density at radius 3 is 2.58 bits per heavy atom. The van der Waals surface area contributed by atoms with Crippen LogP contribution in [-0.4, -0.2) is 18.4 Å². The van der Waals surface area contributed by atoms with Gasteiger partial charge in [0.15, 0.2) is 0 Å². The summed E-state index contributed by atoms with van der Waals surface area (Å²) in [5, 5.41) is 1.23. The Labute approximate surface area is 116 Å². The van der Waals surface area contributed by atoms with Gasteiger partial charge in [-0.1, -0.05) is 41.9 Å². The van der Waals surface area contributed by atoms with Crippen LogP contribution in [0.1, 0.15) is 5.56 Å². The molecule has 5 nitrogen and oxygen atoms in total. The highest BCUT2D eigenvalue weighted by Crippen LogP contribution is 2.11. The minimum Gasteiger partial charge on any atom is -0.264 e. The van der Waals surface area contributed by atoms with Gasteiger partial charge in [-0.15, -0.1) is 0 Å². The fraction of sp³-hybridized carbons (Fsp3) is 0. The number of aromatic nitrogens is 2. The Bertz CT molecular complexity index is 687. The Hall–Kier alpha value is -1.92. The van der Waals surface area contributed by atoms with Gasteiger partial charge in [0.2, 0.25) is 0 Å². The van der Waals surface area contributed by atoms with E-state index in [1.807, 2.05) is 18.2 Å². The molecule has 0 aliphatic rings. The minimum atomic E-state index is -3.63. The van der Waals surface area contributed by atoms with Crippen LogP contribution in [0.15, 0.2) is 48.1 Å². The van der Waals surface area contributed by atoms with E-state index in [9.17, 15) is 8.42 Å². The molecule has 7 heteroatoms. The van der Waals surface area contributed by atoms with Gasteiger partial charge in [-0.2, -0.15) is 0 Å². The number of sulfonamides is 1. The van der Waals surface area contributed by atoms with Gasteiger partial charge < -0.3 is 0 Å². The van der Waals surface area contributed by atoms with Crippen molar-refractivity contribution in [2.24, 2.45) is 0 Å². The molecule has 0 radical (unpaired) electrons. The molecule has 0 atom stereocenters. The first kappa shape index (κ1) is 13.5. The summed E-state index contributed by atoms with van der Waals surface area (Å²) >= 11 is 5.64. The van der Waals surface area contributed by atoms with Gasteiger partial charge in [0, 0.05) is 6.07 Å². The summed E-state index contributed by atoms with van der Waals surface area (Å²) in [7, 11) is -3.63. The van der Waals surface area contributed by atoms with E-state index < -0.39 is 10.0 Å². The lowest BCUT2D eigenvalue weighted by Gasteiger charge is -2.02. The normalized spacial score (nSPS) is 11.6. The summed E-state index contributed by atoms with van der Waals surface area (Å²) in [4.78, 5) is 7.42. The van der Waals surface area contributed by atoms with Crippen LogP contribution in [0, 0.1) is 0 Å². The Morgan fingerprint density at radius 1 is 1.16 bits per heavy atom. The number of anilines is 1. The van der Waals surface area contributed by atoms with E-state index in [-0.39, 0.29) is 11.0 Å². The van der Waals surface area contributed by atoms with E-state index in [0.717, 1.165) is 11.0 Å². The van der Waals surface area contributed by atoms with E-state index in [2.05, 4.69) is 14.7 Å². The minimum absolute atomic E-state index is 0.123. The van der Waals surface area contributed by atoms with Crippen molar-refractivity contribution in [1.82, 2.24) is 9.97 Å². The number of hydrogen-bond acceptors (Lipinski definition) is 4. The number of nitrogens with one attached hydrogen (secondary N) is 1. The summed E-state index contributed by atoms with van der Waals surface area (Å²) in [6.45, 7) is 0. The summed E-state index contributed by atoms with van der Waals surface area (Å²) in [5.74, 6) is 0.123. The Morgan fingerprint density at radius 2 is 1.89 bits per heavy atom. The second-order valence-corrected chi connectivity index (χ2v) is 5.54. The Balaban J connectivity index is 2.13. The van der Waals surface area contributed by atoms with Crippen LogP contribution in [0.3, 0.4) is 0 Å². The fourth-order valence-corrected chi connectivity index (χ4v) is 2.26. The summed E-state index contributed by atoms with van der Waals surface area (Å²) in [5.41, 5.74) is 0.786. The molecule has 2 rings (SSSR count). The van der Waals surface area contributed by atoms with E-state index >= 15 is 0 Å². The topological polar surface area (TPSA) is 72.0 Å². The van der Waals surface area contributed by atoms with E-state index in [0.29, 0.717) is 0 Å². The zero-order chi connectivity index (χ0) is 13.7. The smallest absolute Gasteiger partial charge is 0.256 e. The van der Waals surface area contributed by atoms with Crippen molar-refractivity contribution < 1.29 is 8.42 Å². The molecule has 0 fully saturated rings. The molecule has 0 spiro atoms. The molecular formula is C12H10ClN3O2S. The van der Waals surface area contributed by atoms with E-state index in [1.54, 1.807) is 12.1 Å². The van der Waals surface area contributed by atoms with Crippen molar-refractivity contribution >= 4 is 33.5 Å². The number of nitrogens with zero attached hydrogens (tertiary/aromatic N) is 2. The maximum Gasteiger partial charge on any atom is 0.256 e. The molecule has 0 amide bonds. The molecule has 1 heterocycles. The summed E-state index contributed by atoms with van der Waals surface area (Å²) in [6.07, 6.45) is 2.67. The van der Waals surface area contributed by atoms with Gasteiger partial charge in [0.05, 0.1) is 5.41 Å². The van der Waals surface area contributed by atoms with E-state index in [1.165, 1.54) is 18.5 Å². The first-order chi connectivity index (χ1) is 9.05. The molecule has 19 heavy (non-hydrogen) atoms. The van der Waals surface area contributed by atoms with Crippen LogP contribution >= 0.6 is 11.6 Å². The molecule has 2 aromatic rings. The lowest BCUT2D eigenvalue weighted by Crippen LogP contribution is -2.10. The number of benzene rings is 1. The van der Waals surface area contributed by atoms with Crippen LogP contribution in [0.4, 0.5) is 5.82 Å². The lowest BCUT2D eigenvalue weighted by atomic mass is 10.2. The van der Waals surface area contributed by atoms with Crippen LogP contribution in [0.2, 0.25) is 5.15 Å². The predicted molar refractivity (Wildman–Crippen MR) is 75.1 cm³/mol. The van der Waals surface area contributed by atoms with Gasteiger partial charge in [0.25, 0.3) is 10.0 Å². The van der Waals surface area contributed by atoms with Gasteiger partial charge >= 0.3 is 0 Å². The molecule has 1 aromatic carbocycles. The molecule has 0 bridgehead atoms. The van der Waals surface area contributed by atoms with Crippen LogP contribution in [-0.2, 0) is 10.0 Å². The highest BCUT2D eigenvalue weighted by molar-refractivity contribution is 7.95. The highest BCUT2D eigenvalue weighted by atomic mass is 35.5. The van der Waals surface area contributed by atoms with Crippen LogP contribution < -0.4 is 4.72 Å². The van der Waals surface area contributed by atoms with Gasteiger partial charge in [-0.25, -0.2) is 18.4 Å². The zero-order valence-corrected chi connectivity index (χ0v) is 11.3. The number of rotatable bonds is 4. The standard InChI is InChI=1S/C12H10ClN3O2S/c13-11-8-12(15-9-14-11)16-19(17,18)7-6-10-4-2-1-3-5-10/h1-9H,(H,14,15,16)/b7-6+. The van der Waals surface area contributed by atoms with E-state index in [4.69, 9.17) is 11.6 Å². The van der Waals surface area contributed by atoms with Gasteiger partial charge in [0.1, 0.15) is 17.3 Å². The van der Waals surface area contributed by atoms with Crippen molar-refractivity contribution in [3.8, 4) is 0 Å². The maximum absolute atomic E-state index is 11.8. The molecule has 0 aliphatic carbocycles. The molecule has 1 N–H and O–H groups in total. The third-order valence-corrected chi connectivity index (χ3v) is 3.31. The molecule has 0 unspecified atom stereocenters. The second kappa shape index (κ2) is 5.81.